The maximum Gasteiger partial charge on any atom is 0.266 e. The first-order chi connectivity index (χ1) is 16.9. The van der Waals surface area contributed by atoms with Crippen molar-refractivity contribution >= 4 is 45.8 Å². The van der Waals surface area contributed by atoms with Gasteiger partial charge >= 0.3 is 0 Å². The predicted molar refractivity (Wildman–Crippen MR) is 132 cm³/mol. The Hall–Kier alpha value is -3.99. The van der Waals surface area contributed by atoms with Gasteiger partial charge in [0.15, 0.2) is 5.82 Å². The number of carbonyl (C=O) groups is 3. The van der Waals surface area contributed by atoms with Crippen LogP contribution in [0.4, 0.5) is 5.82 Å². The second-order valence-electron chi connectivity index (χ2n) is 8.50. The number of fused-ring (bicyclic) bond motifs is 2. The molecule has 0 saturated heterocycles. The number of nitrogens with one attached hydrogen (secondary N) is 3. The van der Waals surface area contributed by atoms with Gasteiger partial charge in [-0.15, -0.1) is 11.3 Å². The summed E-state index contributed by atoms with van der Waals surface area (Å²) in [6.45, 7) is 2.83. The number of carbonyl (C=O) groups excluding carboxylic acids is 3. The fourth-order valence-corrected chi connectivity index (χ4v) is 5.24. The summed E-state index contributed by atoms with van der Waals surface area (Å²) < 4.78 is 1.62. The Labute approximate surface area is 205 Å². The fraction of sp³-hybridized carbons (Fsp3) is 0.292. The van der Waals surface area contributed by atoms with Crippen LogP contribution in [-0.4, -0.2) is 55.2 Å². The molecule has 10 nitrogen and oxygen atoms in total. The van der Waals surface area contributed by atoms with Crippen LogP contribution in [0.25, 0.3) is 10.9 Å². The normalized spacial score (nSPS) is 13.9. The number of benzene rings is 1. The van der Waals surface area contributed by atoms with Crippen molar-refractivity contribution in [3.05, 3.63) is 63.6 Å². The van der Waals surface area contributed by atoms with Crippen LogP contribution in [0.15, 0.2) is 42.7 Å². The second kappa shape index (κ2) is 9.34. The van der Waals surface area contributed by atoms with Gasteiger partial charge in [0.2, 0.25) is 5.91 Å². The maximum atomic E-state index is 13.3. The summed E-state index contributed by atoms with van der Waals surface area (Å²) in [7, 11) is 1.79. The Morgan fingerprint density at radius 1 is 1.20 bits per heavy atom. The van der Waals surface area contributed by atoms with Gasteiger partial charge in [0, 0.05) is 48.2 Å². The van der Waals surface area contributed by atoms with Gasteiger partial charge in [-0.25, -0.2) is 0 Å². The summed E-state index contributed by atoms with van der Waals surface area (Å²) >= 11 is 1.44. The number of aryl methyl sites for hydroxylation is 1. The topological polar surface area (TPSA) is 125 Å². The Morgan fingerprint density at radius 3 is 2.83 bits per heavy atom. The lowest BCUT2D eigenvalue weighted by Gasteiger charge is -2.30. The van der Waals surface area contributed by atoms with E-state index >= 15 is 0 Å². The zero-order chi connectivity index (χ0) is 24.5. The minimum absolute atomic E-state index is 0.124. The van der Waals surface area contributed by atoms with E-state index in [0.29, 0.717) is 42.2 Å². The second-order valence-corrected chi connectivity index (χ2v) is 9.64. The smallest absolute Gasteiger partial charge is 0.266 e. The van der Waals surface area contributed by atoms with Crippen LogP contribution >= 0.6 is 11.3 Å². The zero-order valence-corrected chi connectivity index (χ0v) is 20.2. The number of aromatic amines is 1. The molecule has 0 unspecified atom stereocenters. The predicted octanol–water partition coefficient (Wildman–Crippen LogP) is 2.70. The highest BCUT2D eigenvalue weighted by molar-refractivity contribution is 7.14. The molecule has 35 heavy (non-hydrogen) atoms. The number of aromatic nitrogens is 4. The van der Waals surface area contributed by atoms with Crippen LogP contribution in [0.5, 0.6) is 0 Å². The minimum atomic E-state index is -0.630. The lowest BCUT2D eigenvalue weighted by atomic mass is 10.1. The molecule has 0 saturated carbocycles. The molecule has 1 aromatic carbocycles. The van der Waals surface area contributed by atoms with Gasteiger partial charge < -0.3 is 15.5 Å². The standard InChI is InChI=1S/C24H25N7O3S/c1-3-17(26-22(32)14-4-5-18-15(10-14)12-25-28-18)24(34)31-9-6-19-16(13-31)11-20(35-19)23(33)27-21-7-8-30(2)29-21/h4-5,7-8,10-12,17H,3,6,9,13H2,1-2H3,(H,25,28)(H,26,32)(H,27,29,33)/t17-/m1/s1. The van der Waals surface area contributed by atoms with Gasteiger partial charge in [-0.1, -0.05) is 6.92 Å². The number of anilines is 1. The van der Waals surface area contributed by atoms with Crippen LogP contribution in [0.2, 0.25) is 0 Å². The molecule has 0 radical (unpaired) electrons. The van der Waals surface area contributed by atoms with Crippen LogP contribution < -0.4 is 10.6 Å². The highest BCUT2D eigenvalue weighted by Gasteiger charge is 2.29. The maximum absolute atomic E-state index is 13.3. The third-order valence-corrected chi connectivity index (χ3v) is 7.31. The summed E-state index contributed by atoms with van der Waals surface area (Å²) in [5.74, 6) is -0.139. The average molecular weight is 492 g/mol. The number of amides is 3. The van der Waals surface area contributed by atoms with Crippen LogP contribution in [0.1, 0.15) is 43.8 Å². The molecule has 180 valence electrons. The molecular weight excluding hydrogens is 466 g/mol. The molecule has 3 N–H and O–H groups in total. The molecule has 0 spiro atoms. The quantitative estimate of drug-likeness (QED) is 0.382. The molecule has 5 rings (SSSR count). The summed E-state index contributed by atoms with van der Waals surface area (Å²) in [6, 6.07) is 8.21. The van der Waals surface area contributed by atoms with Gasteiger partial charge in [0.1, 0.15) is 6.04 Å². The highest BCUT2D eigenvalue weighted by atomic mass is 32.1. The van der Waals surface area contributed by atoms with E-state index in [4.69, 9.17) is 0 Å². The van der Waals surface area contributed by atoms with E-state index in [1.54, 1.807) is 53.3 Å². The third kappa shape index (κ3) is 4.67. The van der Waals surface area contributed by atoms with Crippen molar-refractivity contribution in [2.75, 3.05) is 11.9 Å². The Morgan fingerprint density at radius 2 is 2.06 bits per heavy atom. The van der Waals surface area contributed by atoms with Gasteiger partial charge in [0.05, 0.1) is 16.6 Å². The Bertz CT molecular complexity index is 1420. The molecule has 1 aliphatic rings. The molecular formula is C24H25N7O3S. The molecule has 3 amide bonds. The molecule has 1 aliphatic heterocycles. The molecule has 0 aliphatic carbocycles. The molecule has 3 aromatic heterocycles. The van der Waals surface area contributed by atoms with Crippen molar-refractivity contribution in [3.8, 4) is 0 Å². The van der Waals surface area contributed by atoms with Crippen molar-refractivity contribution in [1.82, 2.24) is 30.2 Å². The first-order valence-electron chi connectivity index (χ1n) is 11.4. The fourth-order valence-electron chi connectivity index (χ4n) is 4.18. The average Bonchev–Trinajstić information content (AvgIpc) is 3.60. The summed E-state index contributed by atoms with van der Waals surface area (Å²) in [5.41, 5.74) is 2.29. The van der Waals surface area contributed by atoms with Crippen molar-refractivity contribution in [2.45, 2.75) is 32.4 Å². The van der Waals surface area contributed by atoms with E-state index in [2.05, 4.69) is 25.9 Å². The number of thiophene rings is 1. The molecule has 4 aromatic rings. The van der Waals surface area contributed by atoms with Gasteiger partial charge in [-0.05, 0) is 42.7 Å². The first-order valence-corrected chi connectivity index (χ1v) is 12.2. The molecule has 4 heterocycles. The number of rotatable bonds is 6. The van der Waals surface area contributed by atoms with Crippen molar-refractivity contribution < 1.29 is 14.4 Å². The highest BCUT2D eigenvalue weighted by Crippen LogP contribution is 2.29. The summed E-state index contributed by atoms with van der Waals surface area (Å²) in [6.07, 6.45) is 4.57. The van der Waals surface area contributed by atoms with Gasteiger partial charge in [-0.3, -0.25) is 24.2 Å². The zero-order valence-electron chi connectivity index (χ0n) is 19.4. The lowest BCUT2D eigenvalue weighted by Crippen LogP contribution is -2.49. The van der Waals surface area contributed by atoms with Crippen LogP contribution in [0, 0.1) is 0 Å². The number of hydrogen-bond acceptors (Lipinski definition) is 6. The van der Waals surface area contributed by atoms with E-state index in [1.807, 2.05) is 13.0 Å². The van der Waals surface area contributed by atoms with Gasteiger partial charge in [0.25, 0.3) is 11.8 Å². The molecule has 0 bridgehead atoms. The number of hydrogen-bond donors (Lipinski definition) is 3. The summed E-state index contributed by atoms with van der Waals surface area (Å²) in [5, 5.41) is 17.5. The number of H-pyrrole nitrogens is 1. The molecule has 11 heteroatoms. The lowest BCUT2D eigenvalue weighted by molar-refractivity contribution is -0.134. The van der Waals surface area contributed by atoms with E-state index in [0.717, 1.165) is 21.3 Å². The van der Waals surface area contributed by atoms with E-state index < -0.39 is 6.04 Å². The molecule has 1 atom stereocenters. The van der Waals surface area contributed by atoms with Gasteiger partial charge in [-0.2, -0.15) is 10.2 Å². The van der Waals surface area contributed by atoms with Crippen LogP contribution in [0.3, 0.4) is 0 Å². The van der Waals surface area contributed by atoms with E-state index in [9.17, 15) is 14.4 Å². The minimum Gasteiger partial charge on any atom is -0.340 e. The van der Waals surface area contributed by atoms with Crippen LogP contribution in [-0.2, 0) is 24.8 Å². The number of nitrogens with zero attached hydrogens (tertiary/aromatic N) is 4. The Kier molecular flexibility index (Phi) is 6.08. The van der Waals surface area contributed by atoms with Crippen molar-refractivity contribution in [2.24, 2.45) is 7.05 Å². The SMILES string of the molecule is CC[C@@H](NC(=O)c1ccc2[nH]ncc2c1)C(=O)N1CCc2sc(C(=O)Nc3ccn(C)n3)cc2C1. The van der Waals surface area contributed by atoms with Crippen molar-refractivity contribution in [3.63, 3.8) is 0 Å². The summed E-state index contributed by atoms with van der Waals surface area (Å²) in [4.78, 5) is 42.2. The van der Waals surface area contributed by atoms with Crippen molar-refractivity contribution in [1.29, 1.82) is 0 Å². The molecule has 0 fully saturated rings. The Balaban J connectivity index is 1.24. The first kappa shape index (κ1) is 22.8. The largest absolute Gasteiger partial charge is 0.340 e. The third-order valence-electron chi connectivity index (χ3n) is 6.07. The van der Waals surface area contributed by atoms with E-state index in [-0.39, 0.29) is 17.7 Å². The van der Waals surface area contributed by atoms with E-state index in [1.165, 1.54) is 11.3 Å². The monoisotopic (exact) mass is 491 g/mol.